The summed E-state index contributed by atoms with van der Waals surface area (Å²) in [6, 6.07) is 22.8. The summed E-state index contributed by atoms with van der Waals surface area (Å²) in [6.07, 6.45) is 1.62. The molecule has 33 heavy (non-hydrogen) atoms. The Hall–Kier alpha value is -3.51. The van der Waals surface area contributed by atoms with Gasteiger partial charge in [0.2, 0.25) is 0 Å². The number of hydrogen-bond donors (Lipinski definition) is 0. The molecule has 0 unspecified atom stereocenters. The molecule has 6 nitrogen and oxygen atoms in total. The molecule has 4 rings (SSSR count). The van der Waals surface area contributed by atoms with Gasteiger partial charge in [0.15, 0.2) is 0 Å². The molecule has 0 saturated carbocycles. The van der Waals surface area contributed by atoms with Gasteiger partial charge in [0.25, 0.3) is 11.6 Å². The van der Waals surface area contributed by atoms with E-state index < -0.39 is 0 Å². The molecular weight excluding hydrogens is 414 g/mol. The van der Waals surface area contributed by atoms with Gasteiger partial charge in [0.1, 0.15) is 0 Å². The Morgan fingerprint density at radius 2 is 1.67 bits per heavy atom. The molecule has 3 aromatic rings. The molecule has 170 valence electrons. The number of carbonyl (C=O) groups excluding carboxylic acids is 1. The lowest BCUT2D eigenvalue weighted by Crippen LogP contribution is -2.47. The zero-order valence-electron chi connectivity index (χ0n) is 19.1. The smallest absolute Gasteiger partial charge is 0.273 e. The Labute approximate surface area is 194 Å². The summed E-state index contributed by atoms with van der Waals surface area (Å²) in [6.45, 7) is 6.13. The fourth-order valence-electron chi connectivity index (χ4n) is 4.52. The third-order valence-electron chi connectivity index (χ3n) is 6.30. The molecule has 0 radical (unpaired) electrons. The first-order chi connectivity index (χ1) is 15.9. The van der Waals surface area contributed by atoms with Crippen molar-refractivity contribution in [3.63, 3.8) is 0 Å². The number of aryl methyl sites for hydroxylation is 2. The summed E-state index contributed by atoms with van der Waals surface area (Å²) >= 11 is 0. The molecule has 0 bridgehead atoms. The van der Waals surface area contributed by atoms with E-state index in [4.69, 9.17) is 0 Å². The second-order valence-corrected chi connectivity index (χ2v) is 8.77. The number of hydrogen-bond acceptors (Lipinski definition) is 4. The van der Waals surface area contributed by atoms with Gasteiger partial charge in [0, 0.05) is 48.6 Å². The number of likely N-dealkylation sites (tertiary alicyclic amines) is 1. The van der Waals surface area contributed by atoms with Crippen molar-refractivity contribution in [2.75, 3.05) is 18.0 Å². The number of benzene rings is 3. The number of para-hydroxylation sites is 1. The Morgan fingerprint density at radius 1 is 0.970 bits per heavy atom. The van der Waals surface area contributed by atoms with E-state index in [0.29, 0.717) is 12.1 Å². The van der Waals surface area contributed by atoms with Gasteiger partial charge >= 0.3 is 0 Å². The van der Waals surface area contributed by atoms with Crippen molar-refractivity contribution in [1.82, 2.24) is 4.90 Å². The molecule has 0 aliphatic carbocycles. The van der Waals surface area contributed by atoms with Gasteiger partial charge in [-0.05, 0) is 51.0 Å². The van der Waals surface area contributed by atoms with Crippen LogP contribution in [0.4, 0.5) is 11.4 Å². The van der Waals surface area contributed by atoms with E-state index in [-0.39, 0.29) is 22.6 Å². The van der Waals surface area contributed by atoms with Crippen molar-refractivity contribution >= 4 is 17.3 Å². The summed E-state index contributed by atoms with van der Waals surface area (Å²) in [5, 5.41) is 11.4. The molecule has 1 aliphatic rings. The minimum Gasteiger partial charge on any atom is -0.305 e. The van der Waals surface area contributed by atoms with E-state index in [2.05, 4.69) is 4.90 Å². The lowest BCUT2D eigenvalue weighted by molar-refractivity contribution is -0.385. The highest BCUT2D eigenvalue weighted by Gasteiger charge is 2.30. The molecule has 1 fully saturated rings. The number of anilines is 1. The normalized spacial score (nSPS) is 14.7. The van der Waals surface area contributed by atoms with Gasteiger partial charge in [-0.3, -0.25) is 19.8 Å². The van der Waals surface area contributed by atoms with E-state index in [1.165, 1.54) is 0 Å². The minimum absolute atomic E-state index is 0.0136. The summed E-state index contributed by atoms with van der Waals surface area (Å²) in [5.41, 5.74) is 4.70. The van der Waals surface area contributed by atoms with Crippen LogP contribution in [0.2, 0.25) is 0 Å². The average molecular weight is 444 g/mol. The molecule has 1 aliphatic heterocycles. The molecule has 3 aromatic carbocycles. The second-order valence-electron chi connectivity index (χ2n) is 8.77. The molecule has 0 N–H and O–H groups in total. The van der Waals surface area contributed by atoms with E-state index in [9.17, 15) is 14.9 Å². The summed E-state index contributed by atoms with van der Waals surface area (Å²) in [7, 11) is 0. The molecule has 1 amide bonds. The lowest BCUT2D eigenvalue weighted by atomic mass is 9.99. The van der Waals surface area contributed by atoms with Crippen molar-refractivity contribution in [3.8, 4) is 0 Å². The van der Waals surface area contributed by atoms with Crippen LogP contribution in [0.15, 0.2) is 72.8 Å². The van der Waals surface area contributed by atoms with E-state index in [0.717, 1.165) is 48.3 Å². The van der Waals surface area contributed by atoms with E-state index in [1.807, 2.05) is 79.4 Å². The van der Waals surface area contributed by atoms with Crippen molar-refractivity contribution in [2.45, 2.75) is 39.3 Å². The number of amides is 1. The quantitative estimate of drug-likeness (QED) is 0.371. The highest BCUT2D eigenvalue weighted by molar-refractivity contribution is 6.06. The van der Waals surface area contributed by atoms with Crippen molar-refractivity contribution in [2.24, 2.45) is 0 Å². The monoisotopic (exact) mass is 443 g/mol. The summed E-state index contributed by atoms with van der Waals surface area (Å²) in [5.74, 6) is 0.0136. The summed E-state index contributed by atoms with van der Waals surface area (Å²) < 4.78 is 0. The topological polar surface area (TPSA) is 66.7 Å². The lowest BCUT2D eigenvalue weighted by Gasteiger charge is -2.38. The fourth-order valence-corrected chi connectivity index (χ4v) is 4.52. The number of nitro benzene ring substituents is 1. The molecule has 0 atom stereocenters. The van der Waals surface area contributed by atoms with Crippen molar-refractivity contribution < 1.29 is 9.72 Å². The van der Waals surface area contributed by atoms with Gasteiger partial charge in [0.05, 0.1) is 4.92 Å². The Bertz CT molecular complexity index is 1140. The van der Waals surface area contributed by atoms with Crippen LogP contribution >= 0.6 is 0 Å². The zero-order chi connectivity index (χ0) is 23.4. The summed E-state index contributed by atoms with van der Waals surface area (Å²) in [4.78, 5) is 28.8. The number of nitrogens with zero attached hydrogens (tertiary/aromatic N) is 3. The van der Waals surface area contributed by atoms with E-state index >= 15 is 0 Å². The minimum atomic E-state index is -0.318. The van der Waals surface area contributed by atoms with Crippen LogP contribution < -0.4 is 4.90 Å². The van der Waals surface area contributed by atoms with Crippen LogP contribution in [-0.4, -0.2) is 34.9 Å². The van der Waals surface area contributed by atoms with Gasteiger partial charge in [-0.25, -0.2) is 0 Å². The first-order valence-corrected chi connectivity index (χ1v) is 11.3. The average Bonchev–Trinajstić information content (AvgIpc) is 2.82. The van der Waals surface area contributed by atoms with Gasteiger partial charge in [-0.2, -0.15) is 0 Å². The Morgan fingerprint density at radius 3 is 2.33 bits per heavy atom. The number of rotatable bonds is 6. The third kappa shape index (κ3) is 5.29. The maximum absolute atomic E-state index is 13.6. The van der Waals surface area contributed by atoms with Crippen LogP contribution in [0.1, 0.15) is 39.9 Å². The van der Waals surface area contributed by atoms with Crippen LogP contribution in [0.5, 0.6) is 0 Å². The highest BCUT2D eigenvalue weighted by atomic mass is 16.6. The van der Waals surface area contributed by atoms with Crippen molar-refractivity contribution in [1.29, 1.82) is 0 Å². The predicted octanol–water partition coefficient (Wildman–Crippen LogP) is 5.52. The molecule has 6 heteroatoms. The molecular formula is C27H29N3O3. The number of nitro groups is 1. The molecule has 0 aromatic heterocycles. The maximum Gasteiger partial charge on any atom is 0.273 e. The van der Waals surface area contributed by atoms with Gasteiger partial charge in [-0.1, -0.05) is 53.6 Å². The first-order valence-electron chi connectivity index (χ1n) is 11.3. The maximum atomic E-state index is 13.6. The SMILES string of the molecule is Cc1ccc(N(C(=O)c2cccc(C)c2)C2CCN(Cc3ccccc3[N+](=O)[O-])CC2)cc1. The van der Waals surface area contributed by atoms with E-state index in [1.54, 1.807) is 12.1 Å². The van der Waals surface area contributed by atoms with Crippen LogP contribution in [-0.2, 0) is 6.54 Å². The number of carbonyl (C=O) groups is 1. The Kier molecular flexibility index (Phi) is 6.84. The molecule has 1 heterocycles. The third-order valence-corrected chi connectivity index (χ3v) is 6.30. The molecule has 1 saturated heterocycles. The standard InChI is InChI=1S/C27H29N3O3/c1-20-10-12-24(13-11-20)29(27(31)22-8-5-6-21(2)18-22)25-14-16-28(17-15-25)19-23-7-3-4-9-26(23)30(32)33/h3-13,18,25H,14-17,19H2,1-2H3. The van der Waals surface area contributed by atoms with Crippen LogP contribution in [0, 0.1) is 24.0 Å². The highest BCUT2D eigenvalue weighted by Crippen LogP contribution is 2.28. The first kappa shape index (κ1) is 22.7. The van der Waals surface area contributed by atoms with Gasteiger partial charge < -0.3 is 4.90 Å². The van der Waals surface area contributed by atoms with Crippen LogP contribution in [0.3, 0.4) is 0 Å². The van der Waals surface area contributed by atoms with Crippen LogP contribution in [0.25, 0.3) is 0 Å². The van der Waals surface area contributed by atoms with Crippen molar-refractivity contribution in [3.05, 3.63) is 105 Å². The largest absolute Gasteiger partial charge is 0.305 e. The zero-order valence-corrected chi connectivity index (χ0v) is 19.1. The Balaban J connectivity index is 1.53. The second kappa shape index (κ2) is 9.96. The molecule has 0 spiro atoms. The van der Waals surface area contributed by atoms with Gasteiger partial charge in [-0.15, -0.1) is 0 Å². The fraction of sp³-hybridized carbons (Fsp3) is 0.296. The number of piperidine rings is 1. The predicted molar refractivity (Wildman–Crippen MR) is 131 cm³/mol.